The zero-order valence-corrected chi connectivity index (χ0v) is 18.5. The van der Waals surface area contributed by atoms with Gasteiger partial charge in [-0.05, 0) is 18.4 Å². The molecule has 0 amide bonds. The summed E-state index contributed by atoms with van der Waals surface area (Å²) in [5.74, 6) is -5.67. The lowest BCUT2D eigenvalue weighted by Crippen LogP contribution is -3.09. The highest BCUT2D eigenvalue weighted by molar-refractivity contribution is 5.86. The average molecular weight is 434 g/mol. The minimum absolute atomic E-state index is 0.312. The van der Waals surface area contributed by atoms with E-state index in [0.717, 1.165) is 12.0 Å². The summed E-state index contributed by atoms with van der Waals surface area (Å²) >= 11 is 0. The Morgan fingerprint density at radius 1 is 1.03 bits per heavy atom. The highest BCUT2D eigenvalue weighted by Crippen LogP contribution is 2.35. The minimum atomic E-state index is -2.97. The summed E-state index contributed by atoms with van der Waals surface area (Å²) < 4.78 is 0. The topological polar surface area (TPSA) is 169 Å². The molecule has 1 aromatic carbocycles. The smallest absolute Gasteiger partial charge is 0.114 e. The van der Waals surface area contributed by atoms with E-state index in [0.29, 0.717) is 12.0 Å². The number of carboxylic acids is 3. The number of nitriles is 1. The van der Waals surface area contributed by atoms with Gasteiger partial charge in [-0.15, -0.1) is 0 Å². The predicted octanol–water partition coefficient (Wildman–Crippen LogP) is -3.23. The van der Waals surface area contributed by atoms with Crippen LogP contribution in [-0.2, 0) is 19.8 Å². The lowest BCUT2D eigenvalue weighted by Gasteiger charge is -2.34. The molecular formula is C22H30N2O7-2. The molecule has 0 aromatic heterocycles. The van der Waals surface area contributed by atoms with Crippen molar-refractivity contribution in [2.24, 2.45) is 5.92 Å². The van der Waals surface area contributed by atoms with Gasteiger partial charge in [-0.3, -0.25) is 0 Å². The molecule has 9 nitrogen and oxygen atoms in total. The molecule has 31 heavy (non-hydrogen) atoms. The highest BCUT2D eigenvalue weighted by Gasteiger charge is 2.38. The van der Waals surface area contributed by atoms with E-state index >= 15 is 0 Å². The summed E-state index contributed by atoms with van der Waals surface area (Å²) in [6, 6.07) is 13.3. The van der Waals surface area contributed by atoms with Crippen molar-refractivity contribution >= 4 is 17.9 Å². The molecule has 0 bridgehead atoms. The Bertz CT molecular complexity index is 771. The van der Waals surface area contributed by atoms with Gasteiger partial charge in [0.1, 0.15) is 5.60 Å². The molecule has 9 heteroatoms. The molecule has 0 fully saturated rings. The SMILES string of the molecule is CC(CC(C#N)(c1ccccc1)C(C)C)[NH+](C)C.O=C([O-])CC(O)(CC(=O)[O-])C(=O)[O-]. The second-order valence-corrected chi connectivity index (χ2v) is 8.20. The van der Waals surface area contributed by atoms with Crippen LogP contribution >= 0.6 is 0 Å². The molecule has 1 aromatic rings. The normalized spacial score (nSPS) is 14.0. The zero-order valence-electron chi connectivity index (χ0n) is 18.5. The Kier molecular flexibility index (Phi) is 10.9. The third-order valence-electron chi connectivity index (χ3n) is 5.34. The number of aliphatic carboxylic acids is 3. The van der Waals surface area contributed by atoms with E-state index in [1.165, 1.54) is 4.90 Å². The predicted molar refractivity (Wildman–Crippen MR) is 105 cm³/mol. The summed E-state index contributed by atoms with van der Waals surface area (Å²) in [5, 5.41) is 48.7. The Hall–Kier alpha value is -2.96. The van der Waals surface area contributed by atoms with Gasteiger partial charge in [-0.25, -0.2) is 0 Å². The number of carbonyl (C=O) groups excluding carboxylic acids is 3. The van der Waals surface area contributed by atoms with Gasteiger partial charge in [0.05, 0.1) is 37.6 Å². The second-order valence-electron chi connectivity index (χ2n) is 8.20. The summed E-state index contributed by atoms with van der Waals surface area (Å²) in [6.07, 6.45) is -1.82. The standard InChI is InChI=1S/C16H24N2.C6H8O7/c1-13(2)16(12-17,11-14(3)18(4)5)15-9-7-6-8-10-15;7-3(8)1-6(13,5(11)12)2-4(9)10/h6-10,13-14H,11H2,1-5H3;13H,1-2H2,(H,7,8)(H,9,10)(H,11,12)/p-2. The van der Waals surface area contributed by atoms with Gasteiger partial charge in [0.25, 0.3) is 0 Å². The molecule has 0 saturated carbocycles. The largest absolute Gasteiger partial charge is 0.550 e. The molecule has 0 aliphatic carbocycles. The molecule has 0 saturated heterocycles. The van der Waals surface area contributed by atoms with Crippen LogP contribution < -0.4 is 20.2 Å². The molecule has 0 aliphatic rings. The first-order chi connectivity index (χ1) is 14.2. The Balaban J connectivity index is 0.000000615. The number of quaternary nitrogens is 1. The van der Waals surface area contributed by atoms with Gasteiger partial charge in [0, 0.05) is 31.2 Å². The fourth-order valence-electron chi connectivity index (χ4n) is 3.03. The third kappa shape index (κ3) is 8.36. The number of benzene rings is 1. The van der Waals surface area contributed by atoms with Crippen molar-refractivity contribution in [2.75, 3.05) is 14.1 Å². The molecule has 2 atom stereocenters. The van der Waals surface area contributed by atoms with Crippen molar-refractivity contribution < 1.29 is 39.7 Å². The van der Waals surface area contributed by atoms with Crippen LogP contribution in [0.3, 0.4) is 0 Å². The summed E-state index contributed by atoms with van der Waals surface area (Å²) in [6.45, 7) is 6.51. The number of carbonyl (C=O) groups is 3. The maximum absolute atomic E-state index is 10.1. The maximum Gasteiger partial charge on any atom is 0.114 e. The first kappa shape index (κ1) is 28.0. The van der Waals surface area contributed by atoms with Crippen LogP contribution in [-0.4, -0.2) is 48.8 Å². The number of rotatable bonds is 10. The molecular weight excluding hydrogens is 404 g/mol. The van der Waals surface area contributed by atoms with Gasteiger partial charge in [0.15, 0.2) is 0 Å². The Labute approximate surface area is 182 Å². The molecule has 0 radical (unpaired) electrons. The molecule has 0 aliphatic heterocycles. The van der Waals surface area contributed by atoms with E-state index in [4.69, 9.17) is 5.11 Å². The van der Waals surface area contributed by atoms with Crippen LogP contribution in [0, 0.1) is 17.2 Å². The zero-order chi connectivity index (χ0) is 24.4. The van der Waals surface area contributed by atoms with E-state index in [1.54, 1.807) is 0 Å². The van der Waals surface area contributed by atoms with Crippen LogP contribution in [0.4, 0.5) is 0 Å². The van der Waals surface area contributed by atoms with Crippen LogP contribution in [0.5, 0.6) is 0 Å². The van der Waals surface area contributed by atoms with Crippen molar-refractivity contribution in [1.82, 2.24) is 0 Å². The second kappa shape index (κ2) is 12.0. The van der Waals surface area contributed by atoms with Gasteiger partial charge < -0.3 is 39.7 Å². The molecule has 0 heterocycles. The first-order valence-electron chi connectivity index (χ1n) is 9.82. The summed E-state index contributed by atoms with van der Waals surface area (Å²) in [4.78, 5) is 31.4. The third-order valence-corrected chi connectivity index (χ3v) is 5.34. The Morgan fingerprint density at radius 3 is 1.77 bits per heavy atom. The van der Waals surface area contributed by atoms with Crippen LogP contribution in [0.15, 0.2) is 30.3 Å². The molecule has 1 rings (SSSR count). The first-order valence-corrected chi connectivity index (χ1v) is 9.82. The number of nitrogens with zero attached hydrogens (tertiary/aromatic N) is 1. The number of hydrogen-bond donors (Lipinski definition) is 2. The Morgan fingerprint density at radius 2 is 1.48 bits per heavy atom. The van der Waals surface area contributed by atoms with Crippen LogP contribution in [0.2, 0.25) is 0 Å². The van der Waals surface area contributed by atoms with Gasteiger partial charge in [-0.1, -0.05) is 44.2 Å². The van der Waals surface area contributed by atoms with Crippen LogP contribution in [0.1, 0.15) is 45.6 Å². The number of aliphatic hydroxyl groups is 1. The molecule has 0 spiro atoms. The van der Waals surface area contributed by atoms with Gasteiger partial charge >= 0.3 is 0 Å². The van der Waals surface area contributed by atoms with E-state index < -0.39 is 36.4 Å². The lowest BCUT2D eigenvalue weighted by atomic mass is 9.69. The van der Waals surface area contributed by atoms with E-state index in [1.807, 2.05) is 18.2 Å². The number of nitrogens with one attached hydrogen (secondary N) is 1. The monoisotopic (exact) mass is 434 g/mol. The van der Waals surface area contributed by atoms with Gasteiger partial charge in [-0.2, -0.15) is 5.26 Å². The minimum Gasteiger partial charge on any atom is -0.550 e. The van der Waals surface area contributed by atoms with E-state index in [-0.39, 0.29) is 5.41 Å². The van der Waals surface area contributed by atoms with Gasteiger partial charge in [0.2, 0.25) is 0 Å². The van der Waals surface area contributed by atoms with Crippen molar-refractivity contribution in [3.05, 3.63) is 35.9 Å². The van der Waals surface area contributed by atoms with Crippen LogP contribution in [0.25, 0.3) is 0 Å². The summed E-state index contributed by atoms with van der Waals surface area (Å²) in [5.41, 5.74) is -2.20. The summed E-state index contributed by atoms with van der Waals surface area (Å²) in [7, 11) is 4.30. The fourth-order valence-corrected chi connectivity index (χ4v) is 3.03. The molecule has 2 N–H and O–H groups in total. The average Bonchev–Trinajstić information content (AvgIpc) is 2.65. The van der Waals surface area contributed by atoms with Crippen molar-refractivity contribution in [3.8, 4) is 6.07 Å². The van der Waals surface area contributed by atoms with E-state index in [9.17, 15) is 35.0 Å². The van der Waals surface area contributed by atoms with E-state index in [2.05, 4.69) is 53.1 Å². The number of hydrogen-bond acceptors (Lipinski definition) is 8. The van der Waals surface area contributed by atoms with Crippen molar-refractivity contribution in [1.29, 1.82) is 5.26 Å². The quantitative estimate of drug-likeness (QED) is 0.387. The lowest BCUT2D eigenvalue weighted by molar-refractivity contribution is -0.884. The molecule has 172 valence electrons. The van der Waals surface area contributed by atoms with Crippen molar-refractivity contribution in [3.63, 3.8) is 0 Å². The fraction of sp³-hybridized carbons (Fsp3) is 0.545. The maximum atomic E-state index is 10.1. The van der Waals surface area contributed by atoms with Crippen molar-refractivity contribution in [2.45, 2.75) is 57.1 Å². The highest BCUT2D eigenvalue weighted by atomic mass is 16.4. The molecule has 2 unspecified atom stereocenters. The number of carboxylic acid groups (broad SMARTS) is 3.